The number of hydrogen-bond donors (Lipinski definition) is 2. The van der Waals surface area contributed by atoms with Gasteiger partial charge in [0.25, 0.3) is 0 Å². The highest BCUT2D eigenvalue weighted by atomic mass is 16.2. The number of guanidine groups is 1. The number of aliphatic imine (C=N–C) groups is 1. The van der Waals surface area contributed by atoms with E-state index in [2.05, 4.69) is 41.5 Å². The number of anilines is 1. The summed E-state index contributed by atoms with van der Waals surface area (Å²) in [6, 6.07) is 16.4. The monoisotopic (exact) mass is 350 g/mol. The van der Waals surface area contributed by atoms with Crippen molar-refractivity contribution in [1.29, 1.82) is 0 Å². The molecule has 5 heteroatoms. The number of nitrogens with zero attached hydrogens (tertiary/aromatic N) is 2. The summed E-state index contributed by atoms with van der Waals surface area (Å²) >= 11 is 0. The first-order valence-corrected chi connectivity index (χ1v) is 9.15. The fourth-order valence-electron chi connectivity index (χ4n) is 3.07. The number of carbonyl (C=O) groups excluding carboxylic acids is 1. The minimum atomic E-state index is 0.254. The Morgan fingerprint density at radius 1 is 1.15 bits per heavy atom. The fraction of sp³-hybridized carbons (Fsp3) is 0.333. The second kappa shape index (κ2) is 8.52. The van der Waals surface area contributed by atoms with Crippen molar-refractivity contribution < 1.29 is 4.79 Å². The van der Waals surface area contributed by atoms with Crippen molar-refractivity contribution in [2.75, 3.05) is 11.9 Å². The molecular weight excluding hydrogens is 324 g/mol. The highest BCUT2D eigenvalue weighted by Gasteiger charge is 2.19. The molecule has 5 nitrogen and oxygen atoms in total. The van der Waals surface area contributed by atoms with Crippen molar-refractivity contribution in [2.45, 2.75) is 39.3 Å². The zero-order valence-electron chi connectivity index (χ0n) is 15.2. The molecule has 2 aromatic rings. The lowest BCUT2D eigenvalue weighted by Gasteiger charge is -2.15. The van der Waals surface area contributed by atoms with E-state index in [1.165, 1.54) is 5.56 Å². The lowest BCUT2D eigenvalue weighted by molar-refractivity contribution is -0.128. The number of aryl methyl sites for hydroxylation is 1. The van der Waals surface area contributed by atoms with Crippen molar-refractivity contribution in [3.63, 3.8) is 0 Å². The van der Waals surface area contributed by atoms with Crippen molar-refractivity contribution in [2.24, 2.45) is 10.7 Å². The Hall–Kier alpha value is -2.82. The molecule has 0 unspecified atom stereocenters. The highest BCUT2D eigenvalue weighted by Crippen LogP contribution is 2.15. The van der Waals surface area contributed by atoms with E-state index in [4.69, 9.17) is 5.73 Å². The van der Waals surface area contributed by atoms with Gasteiger partial charge in [-0.2, -0.15) is 0 Å². The predicted molar refractivity (Wildman–Crippen MR) is 106 cm³/mol. The molecule has 1 aliphatic rings. The third kappa shape index (κ3) is 4.85. The SMILES string of the molecule is CCc1cccc(NC(N)=NCc2ccc(CN3CCCC3=O)cc2)c1. The molecular formula is C21H26N4O. The van der Waals surface area contributed by atoms with Crippen molar-refractivity contribution in [1.82, 2.24) is 4.90 Å². The van der Waals surface area contributed by atoms with Gasteiger partial charge in [0.1, 0.15) is 0 Å². The van der Waals surface area contributed by atoms with E-state index < -0.39 is 0 Å². The molecule has 1 saturated heterocycles. The lowest BCUT2D eigenvalue weighted by Crippen LogP contribution is -2.23. The zero-order valence-corrected chi connectivity index (χ0v) is 15.2. The predicted octanol–water partition coefficient (Wildman–Crippen LogP) is 3.30. The van der Waals surface area contributed by atoms with Crippen LogP contribution in [0.3, 0.4) is 0 Å². The number of carbonyl (C=O) groups is 1. The zero-order chi connectivity index (χ0) is 18.4. The number of nitrogens with one attached hydrogen (secondary N) is 1. The third-order valence-corrected chi connectivity index (χ3v) is 4.61. The van der Waals surface area contributed by atoms with Crippen LogP contribution in [0.15, 0.2) is 53.5 Å². The van der Waals surface area contributed by atoms with E-state index in [0.29, 0.717) is 25.5 Å². The number of likely N-dealkylation sites (tertiary alicyclic amines) is 1. The molecule has 0 atom stereocenters. The number of rotatable bonds is 6. The van der Waals surface area contributed by atoms with Crippen molar-refractivity contribution in [3.8, 4) is 0 Å². The lowest BCUT2D eigenvalue weighted by atomic mass is 10.1. The van der Waals surface area contributed by atoms with E-state index in [-0.39, 0.29) is 5.91 Å². The van der Waals surface area contributed by atoms with Crippen LogP contribution in [0.25, 0.3) is 0 Å². The van der Waals surface area contributed by atoms with Crippen LogP contribution in [0.1, 0.15) is 36.5 Å². The second-order valence-corrected chi connectivity index (χ2v) is 6.62. The van der Waals surface area contributed by atoms with Gasteiger partial charge in [-0.05, 0) is 41.7 Å². The quantitative estimate of drug-likeness (QED) is 0.620. The number of benzene rings is 2. The molecule has 136 valence electrons. The Morgan fingerprint density at radius 3 is 2.62 bits per heavy atom. The smallest absolute Gasteiger partial charge is 0.222 e. The number of hydrogen-bond acceptors (Lipinski definition) is 2. The van der Waals surface area contributed by atoms with Gasteiger partial charge < -0.3 is 16.0 Å². The van der Waals surface area contributed by atoms with E-state index in [1.54, 1.807) is 0 Å². The molecule has 1 heterocycles. The average molecular weight is 350 g/mol. The van der Waals surface area contributed by atoms with E-state index >= 15 is 0 Å². The van der Waals surface area contributed by atoms with Gasteiger partial charge in [-0.25, -0.2) is 4.99 Å². The molecule has 0 saturated carbocycles. The summed E-state index contributed by atoms with van der Waals surface area (Å²) in [5.74, 6) is 0.662. The van der Waals surface area contributed by atoms with Gasteiger partial charge in [0, 0.05) is 25.2 Å². The van der Waals surface area contributed by atoms with Gasteiger partial charge in [-0.3, -0.25) is 4.79 Å². The Labute approximate surface area is 154 Å². The summed E-state index contributed by atoms with van der Waals surface area (Å²) in [6.07, 6.45) is 2.64. The molecule has 0 spiro atoms. The summed E-state index contributed by atoms with van der Waals surface area (Å²) < 4.78 is 0. The fourth-order valence-corrected chi connectivity index (χ4v) is 3.07. The molecule has 26 heavy (non-hydrogen) atoms. The molecule has 0 aliphatic carbocycles. The Bertz CT molecular complexity index is 783. The molecule has 1 fully saturated rings. The van der Waals surface area contributed by atoms with Gasteiger partial charge in [0.2, 0.25) is 5.91 Å². The van der Waals surface area contributed by atoms with Crippen LogP contribution in [0.2, 0.25) is 0 Å². The second-order valence-electron chi connectivity index (χ2n) is 6.62. The first-order valence-electron chi connectivity index (χ1n) is 9.15. The Kier molecular flexibility index (Phi) is 5.89. The summed E-state index contributed by atoms with van der Waals surface area (Å²) in [5.41, 5.74) is 10.4. The first-order chi connectivity index (χ1) is 12.6. The Balaban J connectivity index is 1.54. The normalized spacial score (nSPS) is 14.7. The van der Waals surface area contributed by atoms with Crippen LogP contribution >= 0.6 is 0 Å². The average Bonchev–Trinajstić information content (AvgIpc) is 3.06. The largest absolute Gasteiger partial charge is 0.370 e. The minimum Gasteiger partial charge on any atom is -0.370 e. The maximum atomic E-state index is 11.7. The van der Waals surface area contributed by atoms with Crippen molar-refractivity contribution >= 4 is 17.6 Å². The summed E-state index contributed by atoms with van der Waals surface area (Å²) in [7, 11) is 0. The van der Waals surface area contributed by atoms with Crippen LogP contribution in [-0.4, -0.2) is 23.3 Å². The topological polar surface area (TPSA) is 70.7 Å². The molecule has 0 radical (unpaired) electrons. The van der Waals surface area contributed by atoms with E-state index in [1.807, 2.05) is 29.2 Å². The Morgan fingerprint density at radius 2 is 1.92 bits per heavy atom. The molecule has 0 aromatic heterocycles. The van der Waals surface area contributed by atoms with Gasteiger partial charge in [0.15, 0.2) is 5.96 Å². The summed E-state index contributed by atoms with van der Waals surface area (Å²) in [4.78, 5) is 18.0. The van der Waals surface area contributed by atoms with Gasteiger partial charge >= 0.3 is 0 Å². The number of nitrogens with two attached hydrogens (primary N) is 1. The third-order valence-electron chi connectivity index (χ3n) is 4.61. The maximum absolute atomic E-state index is 11.7. The van der Waals surface area contributed by atoms with Gasteiger partial charge in [-0.1, -0.05) is 43.3 Å². The molecule has 0 bridgehead atoms. The molecule has 3 N–H and O–H groups in total. The summed E-state index contributed by atoms with van der Waals surface area (Å²) in [5, 5.41) is 3.13. The van der Waals surface area contributed by atoms with Gasteiger partial charge in [-0.15, -0.1) is 0 Å². The van der Waals surface area contributed by atoms with Crippen LogP contribution in [-0.2, 0) is 24.3 Å². The van der Waals surface area contributed by atoms with Crippen LogP contribution in [0.5, 0.6) is 0 Å². The minimum absolute atomic E-state index is 0.254. The van der Waals surface area contributed by atoms with Crippen LogP contribution in [0, 0.1) is 0 Å². The van der Waals surface area contributed by atoms with E-state index in [9.17, 15) is 4.79 Å². The maximum Gasteiger partial charge on any atom is 0.222 e. The van der Waals surface area contributed by atoms with Gasteiger partial charge in [0.05, 0.1) is 6.54 Å². The molecule has 2 aromatic carbocycles. The van der Waals surface area contributed by atoms with Crippen LogP contribution in [0.4, 0.5) is 5.69 Å². The van der Waals surface area contributed by atoms with Crippen LogP contribution < -0.4 is 11.1 Å². The standard InChI is InChI=1S/C21H26N4O/c1-2-16-5-3-6-19(13-16)24-21(22)23-14-17-8-10-18(11-9-17)15-25-12-4-7-20(25)26/h3,5-6,8-11,13H,2,4,7,12,14-15H2,1H3,(H3,22,23,24). The molecule has 1 amide bonds. The first kappa shape index (κ1) is 18.0. The molecule has 3 rings (SSSR count). The number of amides is 1. The highest BCUT2D eigenvalue weighted by molar-refractivity contribution is 5.92. The molecule has 1 aliphatic heterocycles. The van der Waals surface area contributed by atoms with E-state index in [0.717, 1.165) is 36.2 Å². The summed E-state index contributed by atoms with van der Waals surface area (Å²) in [6.45, 7) is 4.21. The van der Waals surface area contributed by atoms with Crippen molar-refractivity contribution in [3.05, 3.63) is 65.2 Å².